The van der Waals surface area contributed by atoms with Crippen LogP contribution in [0.5, 0.6) is 0 Å². The van der Waals surface area contributed by atoms with Crippen LogP contribution in [0.25, 0.3) is 0 Å². The van der Waals surface area contributed by atoms with Gasteiger partial charge in [0, 0.05) is 27.8 Å². The lowest BCUT2D eigenvalue weighted by molar-refractivity contribution is -0.268. The standard InChI is InChI=1S/C42H42N2O8S2/c1-27-15-21-34(22-16-27)54(49,50)44-36(23-29-9-4-3-5-10-29)40(46)43-33-12-8-11-32(24-33)42-51-37(26-53-38-14-7-6-13-35(38)41(47)48)28(2)39(52-42)31-19-17-30(25-45)18-20-31/h3-22,24,28,36-37,39,42,44-45H,23,25-26H2,1-2H3,(H,43,46)(H,47,48). The van der Waals surface area contributed by atoms with Crippen LogP contribution in [0.3, 0.4) is 0 Å². The minimum Gasteiger partial charge on any atom is -0.478 e. The van der Waals surface area contributed by atoms with Gasteiger partial charge in [-0.3, -0.25) is 4.79 Å². The van der Waals surface area contributed by atoms with Crippen molar-refractivity contribution < 1.29 is 37.7 Å². The van der Waals surface area contributed by atoms with Crippen molar-refractivity contribution in [3.05, 3.63) is 161 Å². The fourth-order valence-corrected chi connectivity index (χ4v) is 8.66. The average molecular weight is 767 g/mol. The molecule has 0 aliphatic carbocycles. The number of carboxylic acid groups (broad SMARTS) is 1. The molecule has 0 spiro atoms. The molecule has 1 heterocycles. The number of hydrogen-bond donors (Lipinski definition) is 4. The van der Waals surface area contributed by atoms with Crippen molar-refractivity contribution in [1.82, 2.24) is 4.72 Å². The van der Waals surface area contributed by atoms with Gasteiger partial charge in [-0.15, -0.1) is 11.8 Å². The van der Waals surface area contributed by atoms with E-state index in [9.17, 15) is 28.2 Å². The highest BCUT2D eigenvalue weighted by molar-refractivity contribution is 7.99. The average Bonchev–Trinajstić information content (AvgIpc) is 3.18. The minimum atomic E-state index is -4.04. The summed E-state index contributed by atoms with van der Waals surface area (Å²) in [4.78, 5) is 26.5. The number of benzene rings is 5. The summed E-state index contributed by atoms with van der Waals surface area (Å²) in [5.74, 6) is -1.26. The molecule has 10 nitrogen and oxygen atoms in total. The number of aliphatic hydroxyl groups is 1. The summed E-state index contributed by atoms with van der Waals surface area (Å²) in [5.41, 5.74) is 4.60. The maximum atomic E-state index is 13.9. The molecule has 1 aliphatic heterocycles. The van der Waals surface area contributed by atoms with Crippen molar-refractivity contribution in [1.29, 1.82) is 0 Å². The molecule has 0 saturated carbocycles. The highest BCUT2D eigenvalue weighted by atomic mass is 32.2. The highest BCUT2D eigenvalue weighted by Gasteiger charge is 2.39. The van der Waals surface area contributed by atoms with E-state index in [0.717, 1.165) is 22.3 Å². The minimum absolute atomic E-state index is 0.0569. The lowest BCUT2D eigenvalue weighted by atomic mass is 9.91. The molecule has 54 heavy (non-hydrogen) atoms. The predicted molar refractivity (Wildman–Crippen MR) is 208 cm³/mol. The molecule has 1 aliphatic rings. The molecule has 0 radical (unpaired) electrons. The first-order valence-electron chi connectivity index (χ1n) is 17.5. The second kappa shape index (κ2) is 17.5. The molecule has 4 N–H and O–H groups in total. The molecule has 6 rings (SSSR count). The number of nitrogens with one attached hydrogen (secondary N) is 2. The van der Waals surface area contributed by atoms with Crippen molar-refractivity contribution in [3.8, 4) is 0 Å². The zero-order chi connectivity index (χ0) is 38.2. The van der Waals surface area contributed by atoms with E-state index in [1.165, 1.54) is 23.9 Å². The van der Waals surface area contributed by atoms with Crippen molar-refractivity contribution in [2.45, 2.75) is 61.2 Å². The van der Waals surface area contributed by atoms with Crippen LogP contribution in [-0.2, 0) is 37.3 Å². The zero-order valence-corrected chi connectivity index (χ0v) is 31.4. The largest absolute Gasteiger partial charge is 0.478 e. The summed E-state index contributed by atoms with van der Waals surface area (Å²) >= 11 is 1.40. The number of carbonyl (C=O) groups is 2. The topological polar surface area (TPSA) is 151 Å². The molecule has 1 saturated heterocycles. The summed E-state index contributed by atoms with van der Waals surface area (Å²) in [5, 5.41) is 22.3. The van der Waals surface area contributed by atoms with Gasteiger partial charge in [-0.2, -0.15) is 4.72 Å². The third-order valence-electron chi connectivity index (χ3n) is 9.30. The molecular formula is C42H42N2O8S2. The number of aryl methyl sites for hydroxylation is 1. The first kappa shape index (κ1) is 38.9. The molecule has 1 fully saturated rings. The van der Waals surface area contributed by atoms with Gasteiger partial charge in [0.15, 0.2) is 6.29 Å². The van der Waals surface area contributed by atoms with E-state index in [1.54, 1.807) is 54.6 Å². The Morgan fingerprint density at radius 1 is 0.815 bits per heavy atom. The third kappa shape index (κ3) is 9.64. The summed E-state index contributed by atoms with van der Waals surface area (Å²) < 4.78 is 42.7. The van der Waals surface area contributed by atoms with Gasteiger partial charge in [0.05, 0.1) is 29.3 Å². The summed E-state index contributed by atoms with van der Waals surface area (Å²) in [6.45, 7) is 3.80. The predicted octanol–water partition coefficient (Wildman–Crippen LogP) is 7.30. The van der Waals surface area contributed by atoms with E-state index in [4.69, 9.17) is 9.47 Å². The number of sulfonamides is 1. The maximum Gasteiger partial charge on any atom is 0.336 e. The number of rotatable bonds is 14. The van der Waals surface area contributed by atoms with Crippen LogP contribution in [0.4, 0.5) is 5.69 Å². The quantitative estimate of drug-likeness (QED) is 0.0854. The van der Waals surface area contributed by atoms with Gasteiger partial charge < -0.3 is 25.0 Å². The molecule has 12 heteroatoms. The summed E-state index contributed by atoms with van der Waals surface area (Å²) in [6, 6.07) is 35.9. The van der Waals surface area contributed by atoms with Crippen LogP contribution in [0.15, 0.2) is 137 Å². The first-order chi connectivity index (χ1) is 26.0. The van der Waals surface area contributed by atoms with Crippen molar-refractivity contribution >= 4 is 39.3 Å². The second-order valence-electron chi connectivity index (χ2n) is 13.2. The number of carboxylic acids is 1. The Morgan fingerprint density at radius 2 is 1.52 bits per heavy atom. The molecule has 280 valence electrons. The number of aromatic carboxylic acids is 1. The number of thioether (sulfide) groups is 1. The van der Waals surface area contributed by atoms with Gasteiger partial charge in [0.25, 0.3) is 0 Å². The molecule has 0 aromatic heterocycles. The van der Waals surface area contributed by atoms with E-state index in [-0.39, 0.29) is 35.5 Å². The number of carbonyl (C=O) groups excluding carboxylic acids is 1. The van der Waals surface area contributed by atoms with Gasteiger partial charge in [-0.1, -0.05) is 103 Å². The van der Waals surface area contributed by atoms with E-state index in [0.29, 0.717) is 21.9 Å². The van der Waals surface area contributed by atoms with Crippen LogP contribution >= 0.6 is 11.8 Å². The molecule has 5 aromatic rings. The van der Waals surface area contributed by atoms with Crippen LogP contribution in [0.1, 0.15) is 57.5 Å². The maximum absolute atomic E-state index is 13.9. The van der Waals surface area contributed by atoms with Crippen molar-refractivity contribution in [2.75, 3.05) is 11.1 Å². The van der Waals surface area contributed by atoms with Gasteiger partial charge >= 0.3 is 5.97 Å². The van der Waals surface area contributed by atoms with Crippen LogP contribution < -0.4 is 10.0 Å². The number of hydrogen-bond acceptors (Lipinski definition) is 8. The van der Waals surface area contributed by atoms with Gasteiger partial charge in [-0.25, -0.2) is 13.2 Å². The Kier molecular flexibility index (Phi) is 12.6. The second-order valence-corrected chi connectivity index (χ2v) is 16.0. The van der Waals surface area contributed by atoms with Gasteiger partial charge in [-0.05, 0) is 66.4 Å². The monoisotopic (exact) mass is 766 g/mol. The van der Waals surface area contributed by atoms with E-state index >= 15 is 0 Å². The van der Waals surface area contributed by atoms with Crippen LogP contribution in [0, 0.1) is 12.8 Å². The van der Waals surface area contributed by atoms with Crippen LogP contribution in [0.2, 0.25) is 0 Å². The summed E-state index contributed by atoms with van der Waals surface area (Å²) in [6.07, 6.45) is -1.53. The van der Waals surface area contributed by atoms with E-state index in [2.05, 4.69) is 10.0 Å². The SMILES string of the molecule is Cc1ccc(S(=O)(=O)NC(Cc2ccccc2)C(=O)Nc2cccc(C3OC(CSc4ccccc4C(=O)O)C(C)C(c4ccc(CO)cc4)O3)c2)cc1. The molecule has 0 bridgehead atoms. The van der Waals surface area contributed by atoms with Crippen molar-refractivity contribution in [3.63, 3.8) is 0 Å². The number of anilines is 1. The first-order valence-corrected chi connectivity index (χ1v) is 20.0. The van der Waals surface area contributed by atoms with Gasteiger partial charge in [0.2, 0.25) is 15.9 Å². The molecule has 5 atom stereocenters. The molecule has 5 unspecified atom stereocenters. The lowest BCUT2D eigenvalue weighted by Crippen LogP contribution is -2.45. The zero-order valence-electron chi connectivity index (χ0n) is 29.8. The molecular weight excluding hydrogens is 725 g/mol. The number of amides is 1. The van der Waals surface area contributed by atoms with Gasteiger partial charge in [0.1, 0.15) is 6.04 Å². The third-order valence-corrected chi connectivity index (χ3v) is 11.9. The Hall–Kier alpha value is -4.82. The smallest absolute Gasteiger partial charge is 0.336 e. The Balaban J connectivity index is 1.25. The Morgan fingerprint density at radius 3 is 2.22 bits per heavy atom. The number of ether oxygens (including phenoxy) is 2. The molecule has 1 amide bonds. The Labute approximate surface area is 319 Å². The fraction of sp³-hybridized carbons (Fsp3) is 0.238. The number of aliphatic hydroxyl groups excluding tert-OH is 1. The Bertz CT molecular complexity index is 2160. The molecule has 5 aromatic carbocycles. The van der Waals surface area contributed by atoms with E-state index in [1.807, 2.05) is 74.5 Å². The van der Waals surface area contributed by atoms with E-state index < -0.39 is 40.3 Å². The summed E-state index contributed by atoms with van der Waals surface area (Å²) in [7, 11) is -4.04. The normalized spacial score (nSPS) is 19.2. The lowest BCUT2D eigenvalue weighted by Gasteiger charge is -2.41. The fourth-order valence-electron chi connectivity index (χ4n) is 6.25. The van der Waals surface area contributed by atoms with Crippen LogP contribution in [-0.4, -0.2) is 48.4 Å². The van der Waals surface area contributed by atoms with Crippen molar-refractivity contribution in [2.24, 2.45) is 5.92 Å². The highest BCUT2D eigenvalue weighted by Crippen LogP contribution is 2.43.